The van der Waals surface area contributed by atoms with Crippen LogP contribution in [0.4, 0.5) is 4.79 Å². The molecule has 3 rings (SSSR count). The van der Waals surface area contributed by atoms with Crippen molar-refractivity contribution in [1.82, 2.24) is 10.6 Å². The van der Waals surface area contributed by atoms with Crippen LogP contribution in [0.1, 0.15) is 17.2 Å². The predicted octanol–water partition coefficient (Wildman–Crippen LogP) is 3.74. The molecule has 1 aliphatic heterocycles. The Morgan fingerprint density at radius 2 is 1.65 bits per heavy atom. The van der Waals surface area contributed by atoms with Crippen molar-refractivity contribution >= 4 is 23.3 Å². The molecule has 0 aromatic heterocycles. The standard InChI is InChI=1S/C16H13ClN2O/c17-13-8-6-12(7-9-13)15-10-14(18-16(20)19-15)11-4-2-1-3-5-11/h1-10,14H,(H2,18,19,20). The highest BCUT2D eigenvalue weighted by molar-refractivity contribution is 6.30. The van der Waals surface area contributed by atoms with E-state index in [4.69, 9.17) is 11.6 Å². The minimum absolute atomic E-state index is 0.129. The molecule has 0 saturated heterocycles. The molecule has 2 amide bonds. The zero-order valence-electron chi connectivity index (χ0n) is 10.6. The van der Waals surface area contributed by atoms with Gasteiger partial charge in [-0.1, -0.05) is 54.1 Å². The normalized spacial score (nSPS) is 17.9. The predicted molar refractivity (Wildman–Crippen MR) is 80.3 cm³/mol. The summed E-state index contributed by atoms with van der Waals surface area (Å²) in [6.45, 7) is 0. The van der Waals surface area contributed by atoms with E-state index in [0.717, 1.165) is 16.8 Å². The third kappa shape index (κ3) is 2.68. The van der Waals surface area contributed by atoms with Gasteiger partial charge < -0.3 is 10.6 Å². The van der Waals surface area contributed by atoms with Crippen LogP contribution in [0, 0.1) is 0 Å². The van der Waals surface area contributed by atoms with Crippen molar-refractivity contribution in [3.05, 3.63) is 76.8 Å². The smallest absolute Gasteiger partial charge is 0.319 e. The van der Waals surface area contributed by atoms with E-state index in [0.29, 0.717) is 5.02 Å². The Morgan fingerprint density at radius 1 is 0.950 bits per heavy atom. The van der Waals surface area contributed by atoms with Gasteiger partial charge in [0.15, 0.2) is 0 Å². The van der Waals surface area contributed by atoms with Gasteiger partial charge in [-0.05, 0) is 29.3 Å². The molecule has 1 unspecified atom stereocenters. The van der Waals surface area contributed by atoms with Crippen molar-refractivity contribution in [2.45, 2.75) is 6.04 Å². The molecule has 20 heavy (non-hydrogen) atoms. The summed E-state index contributed by atoms with van der Waals surface area (Å²) in [6, 6.07) is 16.9. The second kappa shape index (κ2) is 5.39. The lowest BCUT2D eigenvalue weighted by Gasteiger charge is -2.24. The lowest BCUT2D eigenvalue weighted by atomic mass is 10.0. The fraction of sp³-hybridized carbons (Fsp3) is 0.0625. The lowest BCUT2D eigenvalue weighted by Crippen LogP contribution is -2.40. The number of rotatable bonds is 2. The number of nitrogens with one attached hydrogen (secondary N) is 2. The largest absolute Gasteiger partial charge is 0.327 e. The van der Waals surface area contributed by atoms with Crippen molar-refractivity contribution in [2.24, 2.45) is 0 Å². The molecule has 2 aromatic rings. The quantitative estimate of drug-likeness (QED) is 0.867. The molecule has 0 saturated carbocycles. The second-order valence-electron chi connectivity index (χ2n) is 4.57. The summed E-state index contributed by atoms with van der Waals surface area (Å²) < 4.78 is 0. The molecule has 0 bridgehead atoms. The van der Waals surface area contributed by atoms with E-state index in [1.165, 1.54) is 0 Å². The molecule has 100 valence electrons. The van der Waals surface area contributed by atoms with Crippen LogP contribution < -0.4 is 10.6 Å². The maximum atomic E-state index is 11.8. The van der Waals surface area contributed by atoms with Crippen LogP contribution in [0.2, 0.25) is 5.02 Å². The van der Waals surface area contributed by atoms with Crippen LogP contribution in [0.3, 0.4) is 0 Å². The maximum Gasteiger partial charge on any atom is 0.319 e. The second-order valence-corrected chi connectivity index (χ2v) is 5.01. The Labute approximate surface area is 122 Å². The summed E-state index contributed by atoms with van der Waals surface area (Å²) in [6.07, 6.45) is 2.00. The van der Waals surface area contributed by atoms with Gasteiger partial charge in [0, 0.05) is 10.7 Å². The molecule has 1 aliphatic rings. The van der Waals surface area contributed by atoms with Crippen LogP contribution in [0.15, 0.2) is 60.7 Å². The number of urea groups is 1. The SMILES string of the molecule is O=C1NC(c2ccc(Cl)cc2)=CC(c2ccccc2)N1. The highest BCUT2D eigenvalue weighted by Crippen LogP contribution is 2.24. The Kier molecular flexibility index (Phi) is 3.44. The van der Waals surface area contributed by atoms with E-state index in [9.17, 15) is 4.79 Å². The molecule has 3 nitrogen and oxygen atoms in total. The molecule has 0 fully saturated rings. The number of carbonyl (C=O) groups is 1. The Bertz CT molecular complexity index is 650. The Hall–Kier alpha value is -2.26. The van der Waals surface area contributed by atoms with Crippen LogP contribution in [-0.4, -0.2) is 6.03 Å². The summed E-state index contributed by atoms with van der Waals surface area (Å²) in [4.78, 5) is 11.8. The highest BCUT2D eigenvalue weighted by atomic mass is 35.5. The summed E-state index contributed by atoms with van der Waals surface area (Å²) in [5.41, 5.74) is 2.78. The van der Waals surface area contributed by atoms with Crippen LogP contribution >= 0.6 is 11.6 Å². The zero-order chi connectivity index (χ0) is 13.9. The van der Waals surface area contributed by atoms with Crippen molar-refractivity contribution in [2.75, 3.05) is 0 Å². The molecule has 0 spiro atoms. The first-order valence-corrected chi connectivity index (χ1v) is 6.70. The lowest BCUT2D eigenvalue weighted by molar-refractivity contribution is 0.241. The number of amides is 2. The van der Waals surface area contributed by atoms with Gasteiger partial charge in [-0.25, -0.2) is 4.79 Å². The number of hydrogen-bond donors (Lipinski definition) is 2. The first-order chi connectivity index (χ1) is 9.72. The molecule has 0 radical (unpaired) electrons. The average Bonchev–Trinajstić information content (AvgIpc) is 2.48. The topological polar surface area (TPSA) is 41.1 Å². The van der Waals surface area contributed by atoms with E-state index in [1.54, 1.807) is 0 Å². The third-order valence-corrected chi connectivity index (χ3v) is 3.43. The van der Waals surface area contributed by atoms with Gasteiger partial charge in [-0.2, -0.15) is 0 Å². The first-order valence-electron chi connectivity index (χ1n) is 6.32. The van der Waals surface area contributed by atoms with Gasteiger partial charge in [-0.3, -0.25) is 0 Å². The van der Waals surface area contributed by atoms with Gasteiger partial charge >= 0.3 is 6.03 Å². The zero-order valence-corrected chi connectivity index (χ0v) is 11.4. The van der Waals surface area contributed by atoms with Crippen molar-refractivity contribution in [3.63, 3.8) is 0 Å². The number of benzene rings is 2. The average molecular weight is 285 g/mol. The van der Waals surface area contributed by atoms with Gasteiger partial charge in [-0.15, -0.1) is 0 Å². The van der Waals surface area contributed by atoms with Crippen LogP contribution in [-0.2, 0) is 0 Å². The fourth-order valence-corrected chi connectivity index (χ4v) is 2.31. The number of halogens is 1. The van der Waals surface area contributed by atoms with Crippen molar-refractivity contribution in [1.29, 1.82) is 0 Å². The van der Waals surface area contributed by atoms with Crippen molar-refractivity contribution in [3.8, 4) is 0 Å². The van der Waals surface area contributed by atoms with E-state index < -0.39 is 0 Å². The Morgan fingerprint density at radius 3 is 2.35 bits per heavy atom. The van der Waals surface area contributed by atoms with E-state index in [2.05, 4.69) is 10.6 Å². The number of hydrogen-bond acceptors (Lipinski definition) is 1. The Balaban J connectivity index is 1.96. The first kappa shape index (κ1) is 12.8. The van der Waals surface area contributed by atoms with Crippen molar-refractivity contribution < 1.29 is 4.79 Å². The molecular weight excluding hydrogens is 272 g/mol. The van der Waals surface area contributed by atoms with Gasteiger partial charge in [0.05, 0.1) is 6.04 Å². The monoisotopic (exact) mass is 284 g/mol. The summed E-state index contributed by atoms with van der Waals surface area (Å²) in [7, 11) is 0. The molecule has 0 aliphatic carbocycles. The van der Waals surface area contributed by atoms with Crippen LogP contribution in [0.25, 0.3) is 5.70 Å². The summed E-state index contributed by atoms with van der Waals surface area (Å²) in [5.74, 6) is 0. The summed E-state index contributed by atoms with van der Waals surface area (Å²) >= 11 is 5.88. The third-order valence-electron chi connectivity index (χ3n) is 3.18. The minimum Gasteiger partial charge on any atom is -0.327 e. The molecular formula is C16H13ClN2O. The summed E-state index contributed by atoms with van der Waals surface area (Å²) in [5, 5.41) is 6.39. The van der Waals surface area contributed by atoms with E-state index >= 15 is 0 Å². The molecule has 1 heterocycles. The van der Waals surface area contributed by atoms with E-state index in [1.807, 2.05) is 60.7 Å². The highest BCUT2D eigenvalue weighted by Gasteiger charge is 2.20. The maximum absolute atomic E-state index is 11.8. The van der Waals surface area contributed by atoms with Gasteiger partial charge in [0.1, 0.15) is 0 Å². The molecule has 2 N–H and O–H groups in total. The minimum atomic E-state index is -0.202. The van der Waals surface area contributed by atoms with E-state index in [-0.39, 0.29) is 12.1 Å². The molecule has 4 heteroatoms. The van der Waals surface area contributed by atoms with Crippen LogP contribution in [0.5, 0.6) is 0 Å². The number of carbonyl (C=O) groups excluding carboxylic acids is 1. The molecule has 1 atom stereocenters. The van der Waals surface area contributed by atoms with Gasteiger partial charge in [0.2, 0.25) is 0 Å². The molecule has 2 aromatic carbocycles. The fourth-order valence-electron chi connectivity index (χ4n) is 2.19. The van der Waals surface area contributed by atoms with Gasteiger partial charge in [0.25, 0.3) is 0 Å².